The van der Waals surface area contributed by atoms with Gasteiger partial charge in [0.25, 0.3) is 5.91 Å². The predicted octanol–water partition coefficient (Wildman–Crippen LogP) is 0.402. The van der Waals surface area contributed by atoms with Crippen molar-refractivity contribution in [3.05, 3.63) is 0 Å². The van der Waals surface area contributed by atoms with Crippen molar-refractivity contribution >= 4 is 11.9 Å². The van der Waals surface area contributed by atoms with E-state index < -0.39 is 24.3 Å². The Bertz CT molecular complexity index is 355. The molecule has 0 aromatic heterocycles. The van der Waals surface area contributed by atoms with Gasteiger partial charge in [-0.05, 0) is 19.3 Å². The van der Waals surface area contributed by atoms with Crippen molar-refractivity contribution in [1.82, 2.24) is 10.2 Å². The summed E-state index contributed by atoms with van der Waals surface area (Å²) < 4.78 is 40.3. The monoisotopic (exact) mass is 266 g/mol. The van der Waals surface area contributed by atoms with Crippen LogP contribution in [0.1, 0.15) is 19.3 Å². The first-order valence-corrected chi connectivity index (χ1v) is 5.71. The lowest BCUT2D eigenvalue weighted by atomic mass is 9.91. The van der Waals surface area contributed by atoms with Crippen LogP contribution in [0.2, 0.25) is 0 Å². The fourth-order valence-electron chi connectivity index (χ4n) is 1.99. The Morgan fingerprint density at radius 2 is 2.06 bits per heavy atom. The van der Waals surface area contributed by atoms with Gasteiger partial charge >= 0.3 is 12.1 Å². The minimum atomic E-state index is -5.08. The molecule has 2 aliphatic rings. The van der Waals surface area contributed by atoms with Crippen molar-refractivity contribution in [2.75, 3.05) is 13.1 Å². The van der Waals surface area contributed by atoms with Crippen molar-refractivity contribution in [3.63, 3.8) is 0 Å². The molecule has 0 aromatic rings. The molecule has 1 saturated carbocycles. The van der Waals surface area contributed by atoms with Gasteiger partial charge in [-0.15, -0.1) is 0 Å². The highest BCUT2D eigenvalue weighted by molar-refractivity contribution is 5.85. The highest BCUT2D eigenvalue weighted by Crippen LogP contribution is 2.26. The SMILES string of the molecule is O=C1C(OC(=O)C(F)(F)F)NCCN1C1CCC1. The minimum absolute atomic E-state index is 0.0756. The largest absolute Gasteiger partial charge is 0.490 e. The Balaban J connectivity index is 1.96. The van der Waals surface area contributed by atoms with Crippen LogP contribution >= 0.6 is 0 Å². The lowest BCUT2D eigenvalue weighted by Crippen LogP contribution is -2.61. The van der Waals surface area contributed by atoms with Gasteiger partial charge in [-0.2, -0.15) is 13.2 Å². The van der Waals surface area contributed by atoms with E-state index in [0.717, 1.165) is 19.3 Å². The van der Waals surface area contributed by atoms with Crippen molar-refractivity contribution in [1.29, 1.82) is 0 Å². The van der Waals surface area contributed by atoms with Crippen LogP contribution in [0.25, 0.3) is 0 Å². The quantitative estimate of drug-likeness (QED) is 0.735. The fourth-order valence-corrected chi connectivity index (χ4v) is 1.99. The average molecular weight is 266 g/mol. The molecule has 2 rings (SSSR count). The number of carbonyl (C=O) groups is 2. The van der Waals surface area contributed by atoms with Crippen LogP contribution in [-0.4, -0.2) is 48.3 Å². The number of ether oxygens (including phenoxy) is 1. The second-order valence-electron chi connectivity index (χ2n) is 4.35. The smallest absolute Gasteiger partial charge is 0.430 e. The molecule has 1 heterocycles. The normalized spacial score (nSPS) is 25.8. The van der Waals surface area contributed by atoms with Crippen LogP contribution in [0, 0.1) is 0 Å². The Hall–Kier alpha value is -1.31. The number of alkyl halides is 3. The lowest BCUT2D eigenvalue weighted by Gasteiger charge is -2.41. The van der Waals surface area contributed by atoms with Crippen molar-refractivity contribution in [3.8, 4) is 0 Å². The van der Waals surface area contributed by atoms with Crippen LogP contribution in [0.3, 0.4) is 0 Å². The molecule has 1 saturated heterocycles. The van der Waals surface area contributed by atoms with E-state index in [9.17, 15) is 22.8 Å². The zero-order valence-corrected chi connectivity index (χ0v) is 9.50. The van der Waals surface area contributed by atoms with Gasteiger partial charge in [-0.3, -0.25) is 10.1 Å². The number of nitrogens with zero attached hydrogens (tertiary/aromatic N) is 1. The lowest BCUT2D eigenvalue weighted by molar-refractivity contribution is -0.209. The summed E-state index contributed by atoms with van der Waals surface area (Å²) in [6.45, 7) is 0.752. The maximum absolute atomic E-state index is 12.0. The third-order valence-corrected chi connectivity index (χ3v) is 3.16. The number of hydrogen-bond acceptors (Lipinski definition) is 4. The molecule has 2 fully saturated rings. The Labute approximate surface area is 101 Å². The molecule has 1 aliphatic carbocycles. The molecule has 1 aliphatic heterocycles. The highest BCUT2D eigenvalue weighted by Gasteiger charge is 2.45. The number of hydrogen-bond donors (Lipinski definition) is 1. The van der Waals surface area contributed by atoms with Gasteiger partial charge in [0.2, 0.25) is 6.23 Å². The van der Waals surface area contributed by atoms with Gasteiger partial charge in [-0.1, -0.05) is 0 Å². The number of carbonyl (C=O) groups excluding carboxylic acids is 2. The summed E-state index contributed by atoms with van der Waals surface area (Å²) in [5.74, 6) is -2.94. The van der Waals surface area contributed by atoms with Gasteiger partial charge in [0.15, 0.2) is 0 Å². The second-order valence-corrected chi connectivity index (χ2v) is 4.35. The van der Waals surface area contributed by atoms with Crippen LogP contribution in [-0.2, 0) is 14.3 Å². The van der Waals surface area contributed by atoms with E-state index in [1.54, 1.807) is 0 Å². The molecule has 0 radical (unpaired) electrons. The van der Waals surface area contributed by atoms with Gasteiger partial charge in [0.05, 0.1) is 0 Å². The molecule has 1 amide bonds. The summed E-state index contributed by atoms with van der Waals surface area (Å²) in [6.07, 6.45) is -3.89. The molecule has 1 unspecified atom stereocenters. The van der Waals surface area contributed by atoms with E-state index in [-0.39, 0.29) is 6.04 Å². The molecule has 18 heavy (non-hydrogen) atoms. The number of nitrogens with one attached hydrogen (secondary N) is 1. The third kappa shape index (κ3) is 2.58. The third-order valence-electron chi connectivity index (χ3n) is 3.16. The standard InChI is InChI=1S/C10H13F3N2O3/c11-10(12,13)9(17)18-7-8(16)15(5-4-14-7)6-2-1-3-6/h6-7,14H,1-5H2. The molecular formula is C10H13F3N2O3. The first-order chi connectivity index (χ1) is 8.39. The second kappa shape index (κ2) is 4.75. The number of halogens is 3. The molecule has 0 spiro atoms. The molecule has 8 heteroatoms. The number of esters is 1. The van der Waals surface area contributed by atoms with Crippen molar-refractivity contribution < 1.29 is 27.5 Å². The number of amides is 1. The van der Waals surface area contributed by atoms with Crippen LogP contribution in [0.5, 0.6) is 0 Å². The van der Waals surface area contributed by atoms with E-state index in [2.05, 4.69) is 10.1 Å². The van der Waals surface area contributed by atoms with Gasteiger partial charge < -0.3 is 9.64 Å². The van der Waals surface area contributed by atoms with E-state index in [0.29, 0.717) is 13.1 Å². The van der Waals surface area contributed by atoms with Gasteiger partial charge in [0, 0.05) is 19.1 Å². The molecule has 1 N–H and O–H groups in total. The molecule has 5 nitrogen and oxygen atoms in total. The topological polar surface area (TPSA) is 58.6 Å². The summed E-state index contributed by atoms with van der Waals surface area (Å²) in [6, 6.07) is 0.0756. The maximum Gasteiger partial charge on any atom is 0.490 e. The van der Waals surface area contributed by atoms with E-state index >= 15 is 0 Å². The Morgan fingerprint density at radius 3 is 2.56 bits per heavy atom. The number of rotatable bonds is 2. The highest BCUT2D eigenvalue weighted by atomic mass is 19.4. The van der Waals surface area contributed by atoms with E-state index in [1.165, 1.54) is 4.90 Å². The van der Waals surface area contributed by atoms with Crippen LogP contribution in [0.4, 0.5) is 13.2 Å². The van der Waals surface area contributed by atoms with E-state index in [1.807, 2.05) is 0 Å². The van der Waals surface area contributed by atoms with Crippen LogP contribution in [0.15, 0.2) is 0 Å². The fraction of sp³-hybridized carbons (Fsp3) is 0.800. The molecule has 1 atom stereocenters. The maximum atomic E-state index is 12.0. The summed E-state index contributed by atoms with van der Waals surface area (Å²) in [7, 11) is 0. The van der Waals surface area contributed by atoms with Crippen molar-refractivity contribution in [2.24, 2.45) is 0 Å². The first kappa shape index (κ1) is 13.1. The van der Waals surface area contributed by atoms with Crippen molar-refractivity contribution in [2.45, 2.75) is 37.7 Å². The summed E-state index contributed by atoms with van der Waals surface area (Å²) in [4.78, 5) is 24.0. The Morgan fingerprint density at radius 1 is 1.39 bits per heavy atom. The summed E-state index contributed by atoms with van der Waals surface area (Å²) in [5, 5.41) is 2.47. The van der Waals surface area contributed by atoms with Gasteiger partial charge in [0.1, 0.15) is 0 Å². The number of piperazine rings is 1. The van der Waals surface area contributed by atoms with E-state index in [4.69, 9.17) is 0 Å². The zero-order valence-electron chi connectivity index (χ0n) is 9.50. The summed E-state index contributed by atoms with van der Waals surface area (Å²) >= 11 is 0. The minimum Gasteiger partial charge on any atom is -0.430 e. The molecular weight excluding hydrogens is 253 g/mol. The molecule has 0 bridgehead atoms. The molecule has 102 valence electrons. The zero-order chi connectivity index (χ0) is 13.3. The predicted molar refractivity (Wildman–Crippen MR) is 53.3 cm³/mol. The Kier molecular flexibility index (Phi) is 3.47. The first-order valence-electron chi connectivity index (χ1n) is 5.71. The summed E-state index contributed by atoms with van der Waals surface area (Å²) in [5.41, 5.74) is 0. The van der Waals surface area contributed by atoms with Gasteiger partial charge in [-0.25, -0.2) is 4.79 Å². The van der Waals surface area contributed by atoms with Crippen LogP contribution < -0.4 is 5.32 Å². The average Bonchev–Trinajstić information content (AvgIpc) is 2.19. The molecule has 0 aromatic carbocycles.